The van der Waals surface area contributed by atoms with Gasteiger partial charge in [-0.05, 0) is 48.5 Å². The third-order valence-electron chi connectivity index (χ3n) is 5.35. The van der Waals surface area contributed by atoms with Gasteiger partial charge in [0.25, 0.3) is 0 Å². The van der Waals surface area contributed by atoms with Gasteiger partial charge >= 0.3 is 0 Å². The lowest BCUT2D eigenvalue weighted by atomic mass is 10.3. The second-order valence-corrected chi connectivity index (χ2v) is 10.6. The molecule has 5 rings (SSSR count). The summed E-state index contributed by atoms with van der Waals surface area (Å²) in [6.07, 6.45) is 4.49. The quantitative estimate of drug-likeness (QED) is 0.377. The number of aromatic nitrogens is 1. The Kier molecular flexibility index (Phi) is 4.71. The summed E-state index contributed by atoms with van der Waals surface area (Å²) in [6, 6.07) is 36.7. The van der Waals surface area contributed by atoms with Gasteiger partial charge in [0.2, 0.25) is 0 Å². The van der Waals surface area contributed by atoms with Crippen LogP contribution in [-0.4, -0.2) is 4.98 Å². The molecule has 0 radical (unpaired) electrons. The van der Waals surface area contributed by atoms with Crippen molar-refractivity contribution in [1.82, 2.24) is 4.98 Å². The molecule has 0 fully saturated rings. The van der Waals surface area contributed by atoms with Crippen LogP contribution in [0.1, 0.15) is 5.76 Å². The standard InChI is InChI=1S/C26H21NOP/c1-4-10-23(11-5-1)29(24-12-6-2-7-13-24,25-14-8-3-9-15-25)20-22-18-21-19-27-17-16-26(21)28-22/h1-19H,20H2/q+1. The average molecular weight is 394 g/mol. The lowest BCUT2D eigenvalue weighted by Crippen LogP contribution is -2.32. The zero-order chi connectivity index (χ0) is 19.5. The Hall–Kier alpha value is -3.22. The maximum atomic E-state index is 6.28. The number of rotatable bonds is 5. The highest BCUT2D eigenvalue weighted by Gasteiger charge is 2.46. The zero-order valence-electron chi connectivity index (χ0n) is 16.0. The molecule has 0 aliphatic carbocycles. The summed E-state index contributed by atoms with van der Waals surface area (Å²) in [7, 11) is -1.94. The molecule has 3 aromatic carbocycles. The van der Waals surface area contributed by atoms with E-state index in [1.54, 1.807) is 6.20 Å². The molecule has 0 amide bonds. The average Bonchev–Trinajstić information content (AvgIpc) is 3.22. The Morgan fingerprint density at radius 2 is 1.17 bits per heavy atom. The molecule has 29 heavy (non-hydrogen) atoms. The van der Waals surface area contributed by atoms with E-state index in [-0.39, 0.29) is 0 Å². The first-order valence-electron chi connectivity index (χ1n) is 9.74. The van der Waals surface area contributed by atoms with Gasteiger partial charge < -0.3 is 4.42 Å². The van der Waals surface area contributed by atoms with Crippen molar-refractivity contribution in [2.24, 2.45) is 0 Å². The van der Waals surface area contributed by atoms with Crippen LogP contribution in [0.5, 0.6) is 0 Å². The molecule has 0 saturated carbocycles. The highest BCUT2D eigenvalue weighted by atomic mass is 31.2. The van der Waals surface area contributed by atoms with E-state index in [1.165, 1.54) is 15.9 Å². The van der Waals surface area contributed by atoms with E-state index in [0.29, 0.717) is 0 Å². The van der Waals surface area contributed by atoms with Gasteiger partial charge in [0.15, 0.2) is 0 Å². The normalized spacial score (nSPS) is 11.6. The molecule has 2 aromatic heterocycles. The number of nitrogens with zero attached hydrogens (tertiary/aromatic N) is 1. The second-order valence-electron chi connectivity index (χ2n) is 7.10. The first-order chi connectivity index (χ1) is 14.4. The summed E-state index contributed by atoms with van der Waals surface area (Å²) in [4.78, 5) is 4.25. The number of benzene rings is 3. The minimum absolute atomic E-state index is 0.833. The van der Waals surface area contributed by atoms with Gasteiger partial charge in [0.05, 0.1) is 0 Å². The van der Waals surface area contributed by atoms with E-state index in [1.807, 2.05) is 12.3 Å². The van der Waals surface area contributed by atoms with Crippen molar-refractivity contribution >= 4 is 34.1 Å². The number of furan rings is 1. The van der Waals surface area contributed by atoms with Gasteiger partial charge in [0.1, 0.15) is 40.7 Å². The molecule has 0 atom stereocenters. The van der Waals surface area contributed by atoms with Crippen molar-refractivity contribution in [3.05, 3.63) is 121 Å². The Labute approximate surface area is 171 Å². The number of hydrogen-bond acceptors (Lipinski definition) is 2. The predicted molar refractivity (Wildman–Crippen MR) is 123 cm³/mol. The Bertz CT molecular complexity index is 1090. The third kappa shape index (κ3) is 3.26. The van der Waals surface area contributed by atoms with Crippen molar-refractivity contribution in [3.63, 3.8) is 0 Å². The fourth-order valence-electron chi connectivity index (χ4n) is 4.02. The highest BCUT2D eigenvalue weighted by Crippen LogP contribution is 2.58. The molecular weight excluding hydrogens is 373 g/mol. The van der Waals surface area contributed by atoms with Crippen LogP contribution in [0.25, 0.3) is 11.0 Å². The molecule has 0 aliphatic heterocycles. The van der Waals surface area contributed by atoms with Crippen molar-refractivity contribution in [2.75, 3.05) is 0 Å². The summed E-state index contributed by atoms with van der Waals surface area (Å²) in [5.41, 5.74) is 0.891. The molecule has 140 valence electrons. The summed E-state index contributed by atoms with van der Waals surface area (Å²) in [6.45, 7) is 0. The van der Waals surface area contributed by atoms with Crippen molar-refractivity contribution in [1.29, 1.82) is 0 Å². The fourth-order valence-corrected chi connectivity index (χ4v) is 8.13. The largest absolute Gasteiger partial charge is 0.457 e. The molecule has 0 aliphatic rings. The predicted octanol–water partition coefficient (Wildman–Crippen LogP) is 5.32. The van der Waals surface area contributed by atoms with Gasteiger partial charge in [-0.1, -0.05) is 54.6 Å². The number of hydrogen-bond donors (Lipinski definition) is 0. The van der Waals surface area contributed by atoms with Crippen LogP contribution >= 0.6 is 7.26 Å². The third-order valence-corrected chi connectivity index (χ3v) is 9.68. The second kappa shape index (κ2) is 7.66. The van der Waals surface area contributed by atoms with Crippen LogP contribution < -0.4 is 15.9 Å². The molecule has 5 aromatic rings. The van der Waals surface area contributed by atoms with E-state index < -0.39 is 7.26 Å². The zero-order valence-corrected chi connectivity index (χ0v) is 16.9. The van der Waals surface area contributed by atoms with Crippen LogP contribution in [0.15, 0.2) is 120 Å². The summed E-state index contributed by atoms with van der Waals surface area (Å²) < 4.78 is 6.28. The topological polar surface area (TPSA) is 26.0 Å². The minimum atomic E-state index is -1.94. The highest BCUT2D eigenvalue weighted by molar-refractivity contribution is 7.95. The molecular formula is C26H21NOP+. The summed E-state index contributed by atoms with van der Waals surface area (Å²) in [5.74, 6) is 0.998. The van der Waals surface area contributed by atoms with E-state index in [9.17, 15) is 0 Å². The summed E-state index contributed by atoms with van der Waals surface area (Å²) in [5, 5.41) is 5.12. The Balaban J connectivity index is 1.77. The van der Waals surface area contributed by atoms with Gasteiger partial charge in [-0.15, -0.1) is 0 Å². The van der Waals surface area contributed by atoms with E-state index >= 15 is 0 Å². The van der Waals surface area contributed by atoms with Gasteiger partial charge in [-0.3, -0.25) is 4.98 Å². The molecule has 2 nitrogen and oxygen atoms in total. The van der Waals surface area contributed by atoms with E-state index in [2.05, 4.69) is 102 Å². The Morgan fingerprint density at radius 1 is 0.655 bits per heavy atom. The van der Waals surface area contributed by atoms with Crippen LogP contribution in [-0.2, 0) is 6.16 Å². The maximum Gasteiger partial charge on any atom is 0.143 e. The van der Waals surface area contributed by atoms with Crippen LogP contribution in [0.2, 0.25) is 0 Å². The monoisotopic (exact) mass is 394 g/mol. The lowest BCUT2D eigenvalue weighted by Gasteiger charge is -2.26. The van der Waals surface area contributed by atoms with Crippen molar-refractivity contribution < 1.29 is 4.42 Å². The number of pyridine rings is 1. The molecule has 0 N–H and O–H groups in total. The van der Waals surface area contributed by atoms with Gasteiger partial charge in [-0.25, -0.2) is 0 Å². The van der Waals surface area contributed by atoms with E-state index in [0.717, 1.165) is 22.9 Å². The van der Waals surface area contributed by atoms with Crippen molar-refractivity contribution in [2.45, 2.75) is 6.16 Å². The van der Waals surface area contributed by atoms with Gasteiger partial charge in [-0.2, -0.15) is 0 Å². The molecule has 0 saturated heterocycles. The first-order valence-corrected chi connectivity index (χ1v) is 11.7. The molecule has 2 heterocycles. The van der Waals surface area contributed by atoms with E-state index in [4.69, 9.17) is 4.42 Å². The first kappa shape index (κ1) is 17.8. The summed E-state index contributed by atoms with van der Waals surface area (Å²) >= 11 is 0. The van der Waals surface area contributed by atoms with Crippen molar-refractivity contribution in [3.8, 4) is 0 Å². The minimum Gasteiger partial charge on any atom is -0.457 e. The van der Waals surface area contributed by atoms with Crippen LogP contribution in [0.4, 0.5) is 0 Å². The van der Waals surface area contributed by atoms with Crippen LogP contribution in [0, 0.1) is 0 Å². The SMILES string of the molecule is c1ccc([P+](Cc2cc3cnccc3o2)(c2ccccc2)c2ccccc2)cc1. The molecule has 0 spiro atoms. The fraction of sp³-hybridized carbons (Fsp3) is 0.0385. The smallest absolute Gasteiger partial charge is 0.143 e. The Morgan fingerprint density at radius 3 is 1.66 bits per heavy atom. The van der Waals surface area contributed by atoms with Crippen LogP contribution in [0.3, 0.4) is 0 Å². The number of fused-ring (bicyclic) bond motifs is 1. The molecule has 3 heteroatoms. The van der Waals surface area contributed by atoms with Gasteiger partial charge in [0, 0.05) is 17.8 Å². The molecule has 0 bridgehead atoms. The molecule has 0 unspecified atom stereocenters. The lowest BCUT2D eigenvalue weighted by molar-refractivity contribution is 0.572. The maximum absolute atomic E-state index is 6.28.